The molecule has 1 aromatic carbocycles. The number of nitrogens with zero attached hydrogens (tertiary/aromatic N) is 2. The molecule has 128 valence electrons. The van der Waals surface area contributed by atoms with Crippen LogP contribution in [0.25, 0.3) is 0 Å². The summed E-state index contributed by atoms with van der Waals surface area (Å²) < 4.78 is 5.27. The van der Waals surface area contributed by atoms with Crippen LogP contribution in [0.4, 0.5) is 4.79 Å². The van der Waals surface area contributed by atoms with Gasteiger partial charge in [-0.2, -0.15) is 5.26 Å². The fourth-order valence-corrected chi connectivity index (χ4v) is 2.54. The van der Waals surface area contributed by atoms with E-state index >= 15 is 0 Å². The van der Waals surface area contributed by atoms with Crippen molar-refractivity contribution in [2.45, 2.75) is 25.5 Å². The predicted molar refractivity (Wildman–Crippen MR) is 85.6 cm³/mol. The van der Waals surface area contributed by atoms with Crippen LogP contribution in [0.15, 0.2) is 30.3 Å². The number of benzene rings is 1. The first-order valence-corrected chi connectivity index (χ1v) is 7.90. The molecule has 1 saturated heterocycles. The largest absolute Gasteiger partial charge is 0.445 e. The molecule has 24 heavy (non-hydrogen) atoms. The highest BCUT2D eigenvalue weighted by molar-refractivity contribution is 5.79. The lowest BCUT2D eigenvalue weighted by molar-refractivity contribution is -0.127. The van der Waals surface area contributed by atoms with Crippen LogP contribution in [0.5, 0.6) is 0 Å². The molecule has 1 fully saturated rings. The molecule has 1 unspecified atom stereocenters. The van der Waals surface area contributed by atoms with Crippen molar-refractivity contribution in [3.8, 4) is 6.07 Å². The zero-order valence-corrected chi connectivity index (χ0v) is 13.4. The number of ether oxygens (including phenoxy) is 1. The summed E-state index contributed by atoms with van der Waals surface area (Å²) >= 11 is 0. The summed E-state index contributed by atoms with van der Waals surface area (Å²) in [5.74, 6) is -0.515. The van der Waals surface area contributed by atoms with Gasteiger partial charge < -0.3 is 20.1 Å². The molecule has 7 heteroatoms. The number of aliphatic hydroxyl groups excluding tert-OH is 1. The molecule has 2 N–H and O–H groups in total. The lowest BCUT2D eigenvalue weighted by Crippen LogP contribution is -2.46. The van der Waals surface area contributed by atoms with Gasteiger partial charge in [0.05, 0.1) is 12.7 Å². The van der Waals surface area contributed by atoms with Crippen LogP contribution < -0.4 is 5.32 Å². The van der Waals surface area contributed by atoms with Crippen LogP contribution >= 0.6 is 0 Å². The van der Waals surface area contributed by atoms with Crippen LogP contribution in [0.3, 0.4) is 0 Å². The average molecular weight is 331 g/mol. The second kappa shape index (κ2) is 8.89. The van der Waals surface area contributed by atoms with E-state index in [-0.39, 0.29) is 24.5 Å². The van der Waals surface area contributed by atoms with Gasteiger partial charge >= 0.3 is 6.09 Å². The number of rotatable bonds is 5. The van der Waals surface area contributed by atoms with Crippen molar-refractivity contribution < 1.29 is 19.4 Å². The molecule has 1 atom stereocenters. The third kappa shape index (κ3) is 4.96. The number of nitriles is 1. The minimum absolute atomic E-state index is 0.223. The zero-order valence-electron chi connectivity index (χ0n) is 13.4. The van der Waals surface area contributed by atoms with Gasteiger partial charge in [-0.15, -0.1) is 0 Å². The summed E-state index contributed by atoms with van der Waals surface area (Å²) in [4.78, 5) is 25.6. The Kier molecular flexibility index (Phi) is 6.58. The van der Waals surface area contributed by atoms with Crippen molar-refractivity contribution >= 4 is 12.0 Å². The Labute approximate surface area is 140 Å². The second-order valence-electron chi connectivity index (χ2n) is 5.67. The Bertz CT molecular complexity index is 592. The summed E-state index contributed by atoms with van der Waals surface area (Å²) in [6.07, 6.45) is 0.633. The number of piperidine rings is 1. The third-order valence-electron chi connectivity index (χ3n) is 3.98. The van der Waals surface area contributed by atoms with Crippen molar-refractivity contribution in [2.75, 3.05) is 19.7 Å². The number of carbonyl (C=O) groups excluding carboxylic acids is 2. The van der Waals surface area contributed by atoms with Gasteiger partial charge in [0.25, 0.3) is 0 Å². The van der Waals surface area contributed by atoms with Crippen molar-refractivity contribution in [1.29, 1.82) is 5.26 Å². The number of carbonyl (C=O) groups is 2. The minimum Gasteiger partial charge on any atom is -0.445 e. The van der Waals surface area contributed by atoms with Crippen LogP contribution in [0.1, 0.15) is 18.4 Å². The summed E-state index contributed by atoms with van der Waals surface area (Å²) in [5, 5.41) is 20.2. The standard InChI is InChI=1S/C17H21N3O4/c18-10-15(11-21)19-16(22)14-6-8-20(9-7-14)17(23)24-12-13-4-2-1-3-5-13/h1-5,14-15,21H,6-9,11-12H2,(H,19,22). The van der Waals surface area contributed by atoms with Gasteiger partial charge in [0.1, 0.15) is 12.6 Å². The summed E-state index contributed by atoms with van der Waals surface area (Å²) in [6, 6.07) is 10.4. The maximum Gasteiger partial charge on any atom is 0.410 e. The van der Waals surface area contributed by atoms with Gasteiger partial charge in [0, 0.05) is 19.0 Å². The van der Waals surface area contributed by atoms with Crippen LogP contribution in [0.2, 0.25) is 0 Å². The predicted octanol–water partition coefficient (Wildman–Crippen LogP) is 1.04. The summed E-state index contributed by atoms with van der Waals surface area (Å²) in [7, 11) is 0. The van der Waals surface area contributed by atoms with E-state index in [1.165, 1.54) is 0 Å². The molecule has 0 saturated carbocycles. The van der Waals surface area contributed by atoms with Gasteiger partial charge in [0.2, 0.25) is 5.91 Å². The van der Waals surface area contributed by atoms with E-state index in [1.807, 2.05) is 36.4 Å². The van der Waals surface area contributed by atoms with E-state index in [9.17, 15) is 9.59 Å². The molecule has 7 nitrogen and oxygen atoms in total. The van der Waals surface area contributed by atoms with E-state index in [4.69, 9.17) is 15.1 Å². The molecule has 0 spiro atoms. The first-order chi connectivity index (χ1) is 11.6. The Morgan fingerprint density at radius 1 is 1.33 bits per heavy atom. The molecule has 1 aromatic rings. The Morgan fingerprint density at radius 2 is 2.00 bits per heavy atom. The van der Waals surface area contributed by atoms with Crippen LogP contribution in [-0.4, -0.2) is 47.7 Å². The van der Waals surface area contributed by atoms with Gasteiger partial charge in [-0.3, -0.25) is 4.79 Å². The lowest BCUT2D eigenvalue weighted by Gasteiger charge is -2.30. The van der Waals surface area contributed by atoms with Gasteiger partial charge in [-0.05, 0) is 18.4 Å². The van der Waals surface area contributed by atoms with E-state index in [1.54, 1.807) is 4.90 Å². The molecule has 1 aliphatic heterocycles. The molecular weight excluding hydrogens is 310 g/mol. The van der Waals surface area contributed by atoms with Gasteiger partial charge in [0.15, 0.2) is 0 Å². The third-order valence-corrected chi connectivity index (χ3v) is 3.98. The first-order valence-electron chi connectivity index (χ1n) is 7.90. The fourth-order valence-electron chi connectivity index (χ4n) is 2.54. The Hall–Kier alpha value is -2.59. The minimum atomic E-state index is -0.883. The Morgan fingerprint density at radius 3 is 2.58 bits per heavy atom. The van der Waals surface area contributed by atoms with Crippen molar-refractivity contribution in [2.24, 2.45) is 5.92 Å². The molecule has 0 radical (unpaired) electrons. The van der Waals surface area contributed by atoms with Gasteiger partial charge in [-0.1, -0.05) is 30.3 Å². The maximum absolute atomic E-state index is 12.0. The Balaban J connectivity index is 1.74. The molecular formula is C17H21N3O4. The number of likely N-dealkylation sites (tertiary alicyclic amines) is 1. The molecule has 1 heterocycles. The van der Waals surface area contributed by atoms with E-state index in [0.29, 0.717) is 25.9 Å². The van der Waals surface area contributed by atoms with E-state index in [2.05, 4.69) is 5.32 Å². The van der Waals surface area contributed by atoms with Crippen LogP contribution in [0, 0.1) is 17.2 Å². The van der Waals surface area contributed by atoms with Crippen molar-refractivity contribution in [3.63, 3.8) is 0 Å². The number of amides is 2. The smallest absolute Gasteiger partial charge is 0.410 e. The summed E-state index contributed by atoms with van der Waals surface area (Å²) in [5.41, 5.74) is 0.923. The topological polar surface area (TPSA) is 103 Å². The normalized spacial score (nSPS) is 16.1. The number of aliphatic hydroxyl groups is 1. The first kappa shape index (κ1) is 17.8. The molecule has 0 aromatic heterocycles. The lowest BCUT2D eigenvalue weighted by atomic mass is 9.96. The molecule has 2 amide bonds. The number of hydrogen-bond acceptors (Lipinski definition) is 5. The quantitative estimate of drug-likeness (QED) is 0.839. The SMILES string of the molecule is N#CC(CO)NC(=O)C1CCN(C(=O)OCc2ccccc2)CC1. The monoisotopic (exact) mass is 331 g/mol. The molecule has 0 bridgehead atoms. The second-order valence-corrected chi connectivity index (χ2v) is 5.67. The zero-order chi connectivity index (χ0) is 17.4. The molecule has 2 rings (SSSR count). The van der Waals surface area contributed by atoms with Crippen molar-refractivity contribution in [1.82, 2.24) is 10.2 Å². The van der Waals surface area contributed by atoms with Gasteiger partial charge in [-0.25, -0.2) is 4.79 Å². The number of nitrogens with one attached hydrogen (secondary N) is 1. The van der Waals surface area contributed by atoms with E-state index in [0.717, 1.165) is 5.56 Å². The highest BCUT2D eigenvalue weighted by atomic mass is 16.6. The molecule has 0 aliphatic carbocycles. The fraction of sp³-hybridized carbons (Fsp3) is 0.471. The summed E-state index contributed by atoms with van der Waals surface area (Å²) in [6.45, 7) is 0.678. The average Bonchev–Trinajstić information content (AvgIpc) is 2.65. The van der Waals surface area contributed by atoms with E-state index < -0.39 is 12.6 Å². The number of hydrogen-bond donors (Lipinski definition) is 2. The maximum atomic E-state index is 12.0. The highest BCUT2D eigenvalue weighted by Gasteiger charge is 2.29. The van der Waals surface area contributed by atoms with Crippen molar-refractivity contribution in [3.05, 3.63) is 35.9 Å². The molecule has 1 aliphatic rings. The highest BCUT2D eigenvalue weighted by Crippen LogP contribution is 2.18. The van der Waals surface area contributed by atoms with Crippen LogP contribution in [-0.2, 0) is 16.1 Å².